The van der Waals surface area contributed by atoms with Crippen molar-refractivity contribution in [3.05, 3.63) is 28.0 Å². The maximum absolute atomic E-state index is 12.5. The lowest BCUT2D eigenvalue weighted by Crippen LogP contribution is -2.00. The van der Waals surface area contributed by atoms with Gasteiger partial charge in [0, 0.05) is 17.1 Å². The largest absolute Gasteiger partial charge is 0.265 e. The quantitative estimate of drug-likeness (QED) is 0.798. The predicted octanol–water partition coefficient (Wildman–Crippen LogP) is 3.63. The summed E-state index contributed by atoms with van der Waals surface area (Å²) in [5.74, 6) is 0. The van der Waals surface area contributed by atoms with Crippen LogP contribution in [0.5, 0.6) is 0 Å². The Hall–Kier alpha value is -0.730. The van der Waals surface area contributed by atoms with Gasteiger partial charge in [-0.05, 0) is 5.56 Å². The van der Waals surface area contributed by atoms with Crippen LogP contribution in [-0.4, -0.2) is 4.98 Å². The van der Waals surface area contributed by atoms with Crippen LogP contribution in [0.4, 0.5) is 8.78 Å². The highest BCUT2D eigenvalue weighted by Gasteiger charge is 2.18. The third kappa shape index (κ3) is 2.64. The van der Waals surface area contributed by atoms with E-state index in [1.54, 1.807) is 0 Å². The molecule has 0 amide bonds. The van der Waals surface area contributed by atoms with Crippen LogP contribution in [0.3, 0.4) is 0 Å². The number of aromatic nitrogens is 1. The zero-order chi connectivity index (χ0) is 11.4. The van der Waals surface area contributed by atoms with Gasteiger partial charge in [0.05, 0.1) is 23.2 Å². The Morgan fingerprint density at radius 3 is 2.73 bits per heavy atom. The summed E-state index contributed by atoms with van der Waals surface area (Å²) >= 11 is 9.00. The van der Waals surface area contributed by atoms with Crippen LogP contribution in [0, 0.1) is 11.3 Å². The van der Waals surface area contributed by atoms with Gasteiger partial charge in [-0.1, -0.05) is 27.5 Å². The van der Waals surface area contributed by atoms with E-state index in [1.807, 2.05) is 6.07 Å². The van der Waals surface area contributed by atoms with Crippen LogP contribution in [0.25, 0.3) is 0 Å². The van der Waals surface area contributed by atoms with E-state index in [0.717, 1.165) is 6.20 Å². The number of hydrogen-bond donors (Lipinski definition) is 0. The van der Waals surface area contributed by atoms with E-state index in [4.69, 9.17) is 16.9 Å². The van der Waals surface area contributed by atoms with Crippen molar-refractivity contribution in [1.82, 2.24) is 4.98 Å². The topological polar surface area (TPSA) is 36.7 Å². The second-order valence-corrected chi connectivity index (χ2v) is 3.66. The summed E-state index contributed by atoms with van der Waals surface area (Å²) in [6.45, 7) is 0. The summed E-state index contributed by atoms with van der Waals surface area (Å²) in [6.07, 6.45) is -1.73. The molecule has 1 rings (SSSR count). The van der Waals surface area contributed by atoms with Crippen molar-refractivity contribution >= 4 is 27.5 Å². The van der Waals surface area contributed by atoms with Crippen molar-refractivity contribution in [2.45, 2.75) is 18.2 Å². The first-order chi connectivity index (χ1) is 7.11. The molecule has 15 heavy (non-hydrogen) atoms. The van der Waals surface area contributed by atoms with Gasteiger partial charge in [-0.25, -0.2) is 8.78 Å². The molecule has 0 atom stereocenters. The van der Waals surface area contributed by atoms with Crippen LogP contribution in [0.15, 0.2) is 6.20 Å². The molecule has 0 spiro atoms. The van der Waals surface area contributed by atoms with Crippen LogP contribution in [0.1, 0.15) is 23.2 Å². The monoisotopic (exact) mass is 294 g/mol. The minimum Gasteiger partial charge on any atom is -0.258 e. The molecule has 0 radical (unpaired) electrons. The number of halogens is 4. The molecule has 0 bridgehead atoms. The molecule has 0 saturated heterocycles. The molecule has 2 nitrogen and oxygen atoms in total. The molecule has 0 fully saturated rings. The van der Waals surface area contributed by atoms with Crippen LogP contribution in [0.2, 0.25) is 5.02 Å². The minimum atomic E-state index is -2.66. The van der Waals surface area contributed by atoms with Gasteiger partial charge in [0.1, 0.15) is 0 Å². The van der Waals surface area contributed by atoms with E-state index >= 15 is 0 Å². The number of hydrogen-bond acceptors (Lipinski definition) is 2. The minimum absolute atomic E-state index is 0.138. The summed E-state index contributed by atoms with van der Waals surface area (Å²) in [7, 11) is 0. The standard InChI is InChI=1S/C9H6BrClF2N2/c10-3-7-8(11)5(1-2-14)6(4-15-7)9(12)13/h4,9H,1,3H2. The molecular weight excluding hydrogens is 289 g/mol. The van der Waals surface area contributed by atoms with E-state index in [0.29, 0.717) is 11.0 Å². The summed E-state index contributed by atoms with van der Waals surface area (Å²) in [5.41, 5.74) is 0.358. The molecule has 0 aliphatic carbocycles. The zero-order valence-electron chi connectivity index (χ0n) is 7.48. The van der Waals surface area contributed by atoms with E-state index in [9.17, 15) is 8.78 Å². The van der Waals surface area contributed by atoms with Gasteiger partial charge in [0.15, 0.2) is 0 Å². The SMILES string of the molecule is N#CCc1c(C(F)F)cnc(CBr)c1Cl. The van der Waals surface area contributed by atoms with Crippen molar-refractivity contribution < 1.29 is 8.78 Å². The summed E-state index contributed by atoms with van der Waals surface area (Å²) in [5, 5.41) is 9.04. The third-order valence-electron chi connectivity index (χ3n) is 1.84. The predicted molar refractivity (Wildman–Crippen MR) is 56.2 cm³/mol. The molecule has 0 aliphatic rings. The molecule has 1 heterocycles. The average molecular weight is 296 g/mol. The van der Waals surface area contributed by atoms with E-state index < -0.39 is 6.43 Å². The molecule has 0 saturated carbocycles. The molecule has 0 unspecified atom stereocenters. The number of nitriles is 1. The smallest absolute Gasteiger partial charge is 0.258 e. The van der Waals surface area contributed by atoms with Crippen LogP contribution in [-0.2, 0) is 11.8 Å². The van der Waals surface area contributed by atoms with Crippen molar-refractivity contribution in [2.24, 2.45) is 0 Å². The van der Waals surface area contributed by atoms with Gasteiger partial charge in [-0.3, -0.25) is 4.98 Å². The Kier molecular flexibility index (Phi) is 4.43. The van der Waals surface area contributed by atoms with Gasteiger partial charge >= 0.3 is 0 Å². The van der Waals surface area contributed by atoms with Gasteiger partial charge in [0.25, 0.3) is 6.43 Å². The van der Waals surface area contributed by atoms with Crippen molar-refractivity contribution in [3.63, 3.8) is 0 Å². The molecule has 0 aromatic carbocycles. The number of pyridine rings is 1. The first kappa shape index (κ1) is 12.3. The number of nitrogens with zero attached hydrogens (tertiary/aromatic N) is 2. The Balaban J connectivity index is 3.32. The lowest BCUT2D eigenvalue weighted by atomic mass is 10.1. The molecule has 0 N–H and O–H groups in total. The molecule has 0 aliphatic heterocycles. The first-order valence-corrected chi connectivity index (χ1v) is 5.49. The second-order valence-electron chi connectivity index (χ2n) is 2.72. The zero-order valence-corrected chi connectivity index (χ0v) is 9.82. The van der Waals surface area contributed by atoms with Crippen LogP contribution >= 0.6 is 27.5 Å². The number of alkyl halides is 3. The fourth-order valence-electron chi connectivity index (χ4n) is 1.12. The van der Waals surface area contributed by atoms with Crippen LogP contribution < -0.4 is 0 Å². The van der Waals surface area contributed by atoms with Gasteiger partial charge in [-0.15, -0.1) is 0 Å². The molecule has 80 valence electrons. The van der Waals surface area contributed by atoms with E-state index in [2.05, 4.69) is 20.9 Å². The Morgan fingerprint density at radius 2 is 2.27 bits per heavy atom. The van der Waals surface area contributed by atoms with Gasteiger partial charge in [-0.2, -0.15) is 5.26 Å². The Bertz CT molecular complexity index is 404. The fraction of sp³-hybridized carbons (Fsp3) is 0.333. The Morgan fingerprint density at radius 1 is 1.60 bits per heavy atom. The summed E-state index contributed by atoms with van der Waals surface area (Å²) in [6, 6.07) is 1.81. The lowest BCUT2D eigenvalue weighted by Gasteiger charge is -2.09. The average Bonchev–Trinajstić information content (AvgIpc) is 2.20. The highest BCUT2D eigenvalue weighted by Crippen LogP contribution is 2.30. The number of rotatable bonds is 3. The van der Waals surface area contributed by atoms with E-state index in [-0.39, 0.29) is 22.6 Å². The highest BCUT2D eigenvalue weighted by atomic mass is 79.9. The molecule has 1 aromatic heterocycles. The highest BCUT2D eigenvalue weighted by molar-refractivity contribution is 9.08. The molecular formula is C9H6BrClF2N2. The lowest BCUT2D eigenvalue weighted by molar-refractivity contribution is 0.150. The second kappa shape index (κ2) is 5.38. The van der Waals surface area contributed by atoms with Gasteiger partial charge in [0.2, 0.25) is 0 Å². The van der Waals surface area contributed by atoms with E-state index in [1.165, 1.54) is 0 Å². The van der Waals surface area contributed by atoms with Crippen molar-refractivity contribution in [1.29, 1.82) is 5.26 Å². The first-order valence-electron chi connectivity index (χ1n) is 3.99. The van der Waals surface area contributed by atoms with Crippen molar-refractivity contribution in [2.75, 3.05) is 0 Å². The van der Waals surface area contributed by atoms with Gasteiger partial charge < -0.3 is 0 Å². The summed E-state index contributed by atoms with van der Waals surface area (Å²) < 4.78 is 25.1. The maximum Gasteiger partial charge on any atom is 0.265 e. The Labute approximate surface area is 99.0 Å². The normalized spacial score (nSPS) is 10.4. The fourth-order valence-corrected chi connectivity index (χ4v) is 2.00. The molecule has 6 heteroatoms. The van der Waals surface area contributed by atoms with Crippen molar-refractivity contribution in [3.8, 4) is 6.07 Å². The third-order valence-corrected chi connectivity index (χ3v) is 2.82. The molecule has 1 aromatic rings. The summed E-state index contributed by atoms with van der Waals surface area (Å²) in [4.78, 5) is 3.79. The maximum atomic E-state index is 12.5.